The van der Waals surface area contributed by atoms with E-state index in [-0.39, 0.29) is 17.7 Å². The molecule has 0 unspecified atom stereocenters. The number of anilines is 2. The zero-order valence-electron chi connectivity index (χ0n) is 13.9. The number of hydrogen-bond acceptors (Lipinski definition) is 6. The summed E-state index contributed by atoms with van der Waals surface area (Å²) < 4.78 is 26.9. The van der Waals surface area contributed by atoms with Crippen molar-refractivity contribution in [2.45, 2.75) is 24.6 Å². The molecule has 2 aromatic rings. The number of benzene rings is 1. The van der Waals surface area contributed by atoms with Gasteiger partial charge in [0.1, 0.15) is 0 Å². The van der Waals surface area contributed by atoms with Crippen LogP contribution in [0.5, 0.6) is 0 Å². The maximum Gasteiger partial charge on any atom is 0.246 e. The Bertz CT molecular complexity index is 832. The van der Waals surface area contributed by atoms with Gasteiger partial charge in [-0.15, -0.1) is 5.10 Å². The molecule has 1 aromatic carbocycles. The number of nitrogens with two attached hydrogens (primary N) is 1. The van der Waals surface area contributed by atoms with Crippen molar-refractivity contribution in [1.29, 1.82) is 0 Å². The molecule has 1 aliphatic heterocycles. The number of aromatic amines is 1. The highest BCUT2D eigenvalue weighted by Crippen LogP contribution is 2.23. The van der Waals surface area contributed by atoms with E-state index in [1.165, 1.54) is 4.31 Å². The predicted octanol–water partition coefficient (Wildman–Crippen LogP) is 1.47. The molecule has 0 radical (unpaired) electrons. The zero-order chi connectivity index (χ0) is 18.0. The van der Waals surface area contributed by atoms with Gasteiger partial charge >= 0.3 is 0 Å². The highest BCUT2D eigenvalue weighted by Gasteiger charge is 2.30. The summed E-state index contributed by atoms with van der Waals surface area (Å²) >= 11 is 5.94. The lowest BCUT2D eigenvalue weighted by molar-refractivity contribution is 0.310. The van der Waals surface area contributed by atoms with Crippen LogP contribution in [-0.4, -0.2) is 54.1 Å². The maximum atomic E-state index is 12.7. The van der Waals surface area contributed by atoms with Gasteiger partial charge in [0.15, 0.2) is 0 Å². The predicted molar refractivity (Wildman–Crippen MR) is 97.9 cm³/mol. The molecule has 2 heterocycles. The van der Waals surface area contributed by atoms with Crippen LogP contribution in [-0.2, 0) is 15.8 Å². The fourth-order valence-electron chi connectivity index (χ4n) is 3.00. The molecule has 3 N–H and O–H groups in total. The first-order valence-electron chi connectivity index (χ1n) is 7.98. The molecule has 1 aromatic heterocycles. The fourth-order valence-corrected chi connectivity index (χ4v) is 4.68. The summed E-state index contributed by atoms with van der Waals surface area (Å²) in [7, 11) is -1.77. The number of nitrogens with zero attached hydrogens (tertiary/aromatic N) is 4. The number of rotatable bonds is 5. The van der Waals surface area contributed by atoms with Gasteiger partial charge in [-0.3, -0.25) is 0 Å². The summed E-state index contributed by atoms with van der Waals surface area (Å²) in [5.41, 5.74) is 6.24. The van der Waals surface area contributed by atoms with Crippen molar-refractivity contribution >= 4 is 33.5 Å². The molecule has 136 valence electrons. The Hall–Kier alpha value is -1.84. The first-order valence-corrected chi connectivity index (χ1v) is 9.97. The van der Waals surface area contributed by atoms with Crippen molar-refractivity contribution in [3.8, 4) is 0 Å². The normalized spacial score (nSPS) is 16.5. The molecular formula is C15H21ClN6O2S. The summed E-state index contributed by atoms with van der Waals surface area (Å²) in [6.45, 7) is 1.36. The van der Waals surface area contributed by atoms with E-state index in [1.54, 1.807) is 31.3 Å². The molecule has 25 heavy (non-hydrogen) atoms. The monoisotopic (exact) mass is 384 g/mol. The summed E-state index contributed by atoms with van der Waals surface area (Å²) in [4.78, 5) is 6.11. The van der Waals surface area contributed by atoms with Crippen molar-refractivity contribution in [2.75, 3.05) is 30.8 Å². The second-order valence-corrected chi connectivity index (χ2v) is 8.61. The van der Waals surface area contributed by atoms with E-state index in [9.17, 15) is 8.42 Å². The SMILES string of the molecule is CN(C1CCN(c2n[nH]c(N)n2)CC1)S(=O)(=O)Cc1cccc(Cl)c1. The first-order chi connectivity index (χ1) is 11.8. The molecule has 0 aliphatic carbocycles. The number of nitrogens with one attached hydrogen (secondary N) is 1. The molecule has 0 bridgehead atoms. The van der Waals surface area contributed by atoms with Crippen LogP contribution < -0.4 is 10.6 Å². The number of nitrogen functional groups attached to an aromatic ring is 1. The van der Waals surface area contributed by atoms with Gasteiger partial charge in [-0.2, -0.15) is 4.98 Å². The highest BCUT2D eigenvalue weighted by molar-refractivity contribution is 7.88. The van der Waals surface area contributed by atoms with Gasteiger partial charge in [0.05, 0.1) is 5.75 Å². The van der Waals surface area contributed by atoms with Crippen LogP contribution in [0.1, 0.15) is 18.4 Å². The van der Waals surface area contributed by atoms with Gasteiger partial charge in [-0.05, 0) is 30.5 Å². The number of hydrogen-bond donors (Lipinski definition) is 2. The van der Waals surface area contributed by atoms with E-state index in [2.05, 4.69) is 15.2 Å². The average molecular weight is 385 g/mol. The molecular weight excluding hydrogens is 364 g/mol. The van der Waals surface area contributed by atoms with Gasteiger partial charge in [0, 0.05) is 31.2 Å². The summed E-state index contributed by atoms with van der Waals surface area (Å²) in [5, 5.41) is 7.19. The summed E-state index contributed by atoms with van der Waals surface area (Å²) in [6, 6.07) is 6.90. The van der Waals surface area contributed by atoms with Crippen molar-refractivity contribution in [3.05, 3.63) is 34.9 Å². The van der Waals surface area contributed by atoms with E-state index in [0.29, 0.717) is 42.5 Å². The molecule has 0 atom stereocenters. The minimum Gasteiger partial charge on any atom is -0.368 e. The molecule has 1 saturated heterocycles. The van der Waals surface area contributed by atoms with E-state index in [1.807, 2.05) is 4.90 Å². The van der Waals surface area contributed by atoms with E-state index in [0.717, 1.165) is 0 Å². The Morgan fingerprint density at radius 2 is 2.12 bits per heavy atom. The van der Waals surface area contributed by atoms with E-state index in [4.69, 9.17) is 17.3 Å². The fraction of sp³-hybridized carbons (Fsp3) is 0.467. The van der Waals surface area contributed by atoms with Crippen LogP contribution in [0.2, 0.25) is 5.02 Å². The van der Waals surface area contributed by atoms with Crippen LogP contribution in [0, 0.1) is 0 Å². The Balaban J connectivity index is 1.62. The van der Waals surface area contributed by atoms with E-state index >= 15 is 0 Å². The Morgan fingerprint density at radius 1 is 1.40 bits per heavy atom. The van der Waals surface area contributed by atoms with Gasteiger partial charge in [0.2, 0.25) is 21.9 Å². The Labute approximate surface area is 152 Å². The third kappa shape index (κ3) is 4.23. The minimum atomic E-state index is -3.41. The van der Waals surface area contributed by atoms with Crippen molar-refractivity contribution in [2.24, 2.45) is 0 Å². The highest BCUT2D eigenvalue weighted by atomic mass is 35.5. The topological polar surface area (TPSA) is 108 Å². The number of piperidine rings is 1. The number of H-pyrrole nitrogens is 1. The van der Waals surface area contributed by atoms with Crippen molar-refractivity contribution in [1.82, 2.24) is 19.5 Å². The quantitative estimate of drug-likeness (QED) is 0.808. The maximum absolute atomic E-state index is 12.7. The number of aromatic nitrogens is 3. The van der Waals surface area contributed by atoms with Crippen LogP contribution in [0.15, 0.2) is 24.3 Å². The van der Waals surface area contributed by atoms with Crippen LogP contribution in [0.25, 0.3) is 0 Å². The summed E-state index contributed by atoms with van der Waals surface area (Å²) in [6.07, 6.45) is 1.42. The van der Waals surface area contributed by atoms with Crippen LogP contribution in [0.4, 0.5) is 11.9 Å². The van der Waals surface area contributed by atoms with E-state index < -0.39 is 10.0 Å². The van der Waals surface area contributed by atoms with Crippen molar-refractivity contribution < 1.29 is 8.42 Å². The first kappa shape index (κ1) is 18.0. The van der Waals surface area contributed by atoms with Gasteiger partial charge in [-0.25, -0.2) is 17.8 Å². The third-order valence-electron chi connectivity index (χ3n) is 4.43. The smallest absolute Gasteiger partial charge is 0.246 e. The second kappa shape index (κ2) is 7.19. The number of sulfonamides is 1. The molecule has 10 heteroatoms. The number of halogens is 1. The molecule has 1 fully saturated rings. The lowest BCUT2D eigenvalue weighted by Crippen LogP contribution is -2.46. The van der Waals surface area contributed by atoms with Gasteiger partial charge < -0.3 is 10.6 Å². The standard InChI is InChI=1S/C15H21ClN6O2S/c1-21(25(23,24)10-11-3-2-4-12(16)9-11)13-5-7-22(8-6-13)15-18-14(17)19-20-15/h2-4,9,13H,5-8,10H2,1H3,(H3,17,18,19,20). The molecule has 0 saturated carbocycles. The Kier molecular flexibility index (Phi) is 5.16. The lowest BCUT2D eigenvalue weighted by atomic mass is 10.1. The van der Waals surface area contributed by atoms with Crippen LogP contribution >= 0.6 is 11.6 Å². The molecule has 0 spiro atoms. The lowest BCUT2D eigenvalue weighted by Gasteiger charge is -2.35. The minimum absolute atomic E-state index is 0.0447. The van der Waals surface area contributed by atoms with Crippen LogP contribution in [0.3, 0.4) is 0 Å². The third-order valence-corrected chi connectivity index (χ3v) is 6.54. The zero-order valence-corrected chi connectivity index (χ0v) is 15.5. The summed E-state index contributed by atoms with van der Waals surface area (Å²) in [5.74, 6) is 0.778. The largest absolute Gasteiger partial charge is 0.368 e. The molecule has 3 rings (SSSR count). The van der Waals surface area contributed by atoms with Gasteiger partial charge in [-0.1, -0.05) is 23.7 Å². The molecule has 8 nitrogen and oxygen atoms in total. The average Bonchev–Trinajstić information content (AvgIpc) is 3.00. The van der Waals surface area contributed by atoms with Gasteiger partial charge in [0.25, 0.3) is 0 Å². The second-order valence-electron chi connectivity index (χ2n) is 6.14. The molecule has 1 aliphatic rings. The Morgan fingerprint density at radius 3 is 2.72 bits per heavy atom. The molecule has 0 amide bonds. The van der Waals surface area contributed by atoms with Crippen molar-refractivity contribution in [3.63, 3.8) is 0 Å².